The zero-order valence-corrected chi connectivity index (χ0v) is 13.7. The van der Waals surface area contributed by atoms with Gasteiger partial charge in [-0.3, -0.25) is 4.79 Å². The van der Waals surface area contributed by atoms with Crippen LogP contribution in [-0.4, -0.2) is 23.6 Å². The highest BCUT2D eigenvalue weighted by molar-refractivity contribution is 7.80. The van der Waals surface area contributed by atoms with E-state index in [1.54, 1.807) is 0 Å². The van der Waals surface area contributed by atoms with Crippen molar-refractivity contribution >= 4 is 34.6 Å². The molecule has 0 radical (unpaired) electrons. The van der Waals surface area contributed by atoms with Crippen molar-refractivity contribution < 1.29 is 4.79 Å². The molecule has 0 saturated carbocycles. The molecule has 1 aromatic rings. The minimum absolute atomic E-state index is 0.204. The molecule has 5 heteroatoms. The molecule has 0 unspecified atom stereocenters. The van der Waals surface area contributed by atoms with Crippen LogP contribution < -0.4 is 15.5 Å². The first-order chi connectivity index (χ1) is 10.0. The number of nitrogens with one attached hydrogen (secondary N) is 2. The van der Waals surface area contributed by atoms with Crippen molar-refractivity contribution in [2.45, 2.75) is 46.1 Å². The van der Waals surface area contributed by atoms with Crippen molar-refractivity contribution in [3.05, 3.63) is 23.8 Å². The van der Waals surface area contributed by atoms with Crippen LogP contribution in [0.1, 0.15) is 38.7 Å². The fourth-order valence-corrected chi connectivity index (χ4v) is 2.69. The summed E-state index contributed by atoms with van der Waals surface area (Å²) in [5.74, 6) is 0.204. The second-order valence-electron chi connectivity index (χ2n) is 5.56. The van der Waals surface area contributed by atoms with Crippen molar-refractivity contribution in [2.75, 3.05) is 16.8 Å². The fourth-order valence-electron chi connectivity index (χ4n) is 2.37. The average molecular weight is 305 g/mol. The predicted octanol–water partition coefficient (Wildman–Crippen LogP) is 3.21. The minimum atomic E-state index is 0.204. The number of carbonyl (C=O) groups excluding carboxylic acids is 1. The van der Waals surface area contributed by atoms with Crippen LogP contribution in [0.15, 0.2) is 18.2 Å². The number of amides is 1. The van der Waals surface area contributed by atoms with Crippen molar-refractivity contribution in [1.29, 1.82) is 0 Å². The number of nitrogens with zero attached hydrogens (tertiary/aromatic N) is 1. The van der Waals surface area contributed by atoms with Gasteiger partial charge in [0.15, 0.2) is 5.11 Å². The lowest BCUT2D eigenvalue weighted by Gasteiger charge is -2.20. The van der Waals surface area contributed by atoms with Gasteiger partial charge in [0.2, 0.25) is 5.91 Å². The molecule has 0 bridgehead atoms. The first-order valence-corrected chi connectivity index (χ1v) is 7.90. The van der Waals surface area contributed by atoms with E-state index in [2.05, 4.69) is 24.5 Å². The van der Waals surface area contributed by atoms with Crippen LogP contribution >= 0.6 is 12.2 Å². The van der Waals surface area contributed by atoms with Gasteiger partial charge in [-0.2, -0.15) is 0 Å². The van der Waals surface area contributed by atoms with Gasteiger partial charge in [0.05, 0.1) is 0 Å². The van der Waals surface area contributed by atoms with Gasteiger partial charge in [0.1, 0.15) is 0 Å². The highest BCUT2D eigenvalue weighted by atomic mass is 32.1. The summed E-state index contributed by atoms with van der Waals surface area (Å²) in [5.41, 5.74) is 3.00. The molecule has 0 spiro atoms. The largest absolute Gasteiger partial charge is 0.360 e. The summed E-state index contributed by atoms with van der Waals surface area (Å²) in [6.45, 7) is 7.04. The van der Waals surface area contributed by atoms with E-state index >= 15 is 0 Å². The third-order valence-electron chi connectivity index (χ3n) is 3.82. The Morgan fingerprint density at radius 3 is 2.86 bits per heavy atom. The number of hydrogen-bond donors (Lipinski definition) is 2. The fraction of sp³-hybridized carbons (Fsp3) is 0.500. The highest BCUT2D eigenvalue weighted by Gasteiger charge is 2.23. The summed E-state index contributed by atoms with van der Waals surface area (Å²) in [5, 5.41) is 7.04. The van der Waals surface area contributed by atoms with Gasteiger partial charge in [-0.15, -0.1) is 0 Å². The van der Waals surface area contributed by atoms with Crippen LogP contribution in [0.25, 0.3) is 0 Å². The number of carbonyl (C=O) groups is 1. The summed E-state index contributed by atoms with van der Waals surface area (Å²) in [6, 6.07) is 6.36. The molecule has 0 aliphatic carbocycles. The number of hydrogen-bond acceptors (Lipinski definition) is 2. The molecule has 1 aromatic carbocycles. The molecule has 1 saturated heterocycles. The molecule has 114 valence electrons. The van der Waals surface area contributed by atoms with E-state index in [0.717, 1.165) is 36.3 Å². The number of rotatable bonds is 4. The third kappa shape index (κ3) is 3.94. The smallest absolute Gasteiger partial charge is 0.227 e. The molecule has 2 N–H and O–H groups in total. The Labute approximate surface area is 131 Å². The Hall–Kier alpha value is -1.62. The standard InChI is InChI=1S/C16H23N3OS/c1-4-12(3)17-16(21)18-13-8-7-11(2)14(10-13)19-9-5-6-15(19)20/h7-8,10,12H,4-6,9H2,1-3H3,(H2,17,18,21)/t12-/m0/s1. The minimum Gasteiger partial charge on any atom is -0.360 e. The number of thiocarbonyl (C=S) groups is 1. The van der Waals surface area contributed by atoms with Crippen LogP contribution in [0.4, 0.5) is 11.4 Å². The van der Waals surface area contributed by atoms with E-state index in [1.165, 1.54) is 0 Å². The third-order valence-corrected chi connectivity index (χ3v) is 4.04. The average Bonchev–Trinajstić information content (AvgIpc) is 2.86. The first-order valence-electron chi connectivity index (χ1n) is 7.49. The van der Waals surface area contributed by atoms with E-state index < -0.39 is 0 Å². The van der Waals surface area contributed by atoms with Crippen molar-refractivity contribution in [3.8, 4) is 0 Å². The molecule has 1 fully saturated rings. The zero-order valence-electron chi connectivity index (χ0n) is 12.9. The van der Waals surface area contributed by atoms with Gasteiger partial charge in [-0.05, 0) is 56.6 Å². The molecule has 1 heterocycles. The predicted molar refractivity (Wildman–Crippen MR) is 91.9 cm³/mol. The van der Waals surface area contributed by atoms with E-state index in [1.807, 2.05) is 30.0 Å². The Bertz CT molecular complexity index is 544. The van der Waals surface area contributed by atoms with Crippen molar-refractivity contribution in [2.24, 2.45) is 0 Å². The van der Waals surface area contributed by atoms with Gasteiger partial charge in [-0.25, -0.2) is 0 Å². The quantitative estimate of drug-likeness (QED) is 0.839. The lowest BCUT2D eigenvalue weighted by molar-refractivity contribution is -0.117. The number of aryl methyl sites for hydroxylation is 1. The second kappa shape index (κ2) is 6.89. The van der Waals surface area contributed by atoms with Gasteiger partial charge in [0.25, 0.3) is 0 Å². The maximum atomic E-state index is 11.9. The number of anilines is 2. The monoisotopic (exact) mass is 305 g/mol. The van der Waals surface area contributed by atoms with Gasteiger partial charge < -0.3 is 15.5 Å². The maximum Gasteiger partial charge on any atom is 0.227 e. The molecule has 1 atom stereocenters. The molecule has 21 heavy (non-hydrogen) atoms. The van der Waals surface area contributed by atoms with E-state index in [9.17, 15) is 4.79 Å². The summed E-state index contributed by atoms with van der Waals surface area (Å²) in [6.07, 6.45) is 2.60. The normalized spacial score (nSPS) is 16.0. The first kappa shape index (κ1) is 15.8. The lowest BCUT2D eigenvalue weighted by Crippen LogP contribution is -2.35. The van der Waals surface area contributed by atoms with Gasteiger partial charge in [-0.1, -0.05) is 13.0 Å². The number of benzene rings is 1. The van der Waals surface area contributed by atoms with E-state index in [4.69, 9.17) is 12.2 Å². The topological polar surface area (TPSA) is 44.4 Å². The molecule has 1 aliphatic rings. The van der Waals surface area contributed by atoms with E-state index in [-0.39, 0.29) is 5.91 Å². The molecule has 1 aliphatic heterocycles. The molecule has 1 amide bonds. The summed E-state index contributed by atoms with van der Waals surface area (Å²) < 4.78 is 0. The summed E-state index contributed by atoms with van der Waals surface area (Å²) in [7, 11) is 0. The molecular weight excluding hydrogens is 282 g/mol. The van der Waals surface area contributed by atoms with Crippen molar-refractivity contribution in [3.63, 3.8) is 0 Å². The highest BCUT2D eigenvalue weighted by Crippen LogP contribution is 2.28. The van der Waals surface area contributed by atoms with Crippen LogP contribution in [0, 0.1) is 6.92 Å². The van der Waals surface area contributed by atoms with E-state index in [0.29, 0.717) is 17.6 Å². The maximum absolute atomic E-state index is 11.9. The summed E-state index contributed by atoms with van der Waals surface area (Å²) in [4.78, 5) is 13.8. The molecule has 0 aromatic heterocycles. The molecular formula is C16H23N3OS. The molecule has 4 nitrogen and oxygen atoms in total. The van der Waals surface area contributed by atoms with Crippen LogP contribution in [0.3, 0.4) is 0 Å². The zero-order chi connectivity index (χ0) is 15.4. The van der Waals surface area contributed by atoms with Gasteiger partial charge >= 0.3 is 0 Å². The lowest BCUT2D eigenvalue weighted by atomic mass is 10.1. The summed E-state index contributed by atoms with van der Waals surface area (Å²) >= 11 is 5.31. The van der Waals surface area contributed by atoms with Crippen LogP contribution in [0.5, 0.6) is 0 Å². The Kier molecular flexibility index (Phi) is 5.17. The Morgan fingerprint density at radius 1 is 1.48 bits per heavy atom. The Morgan fingerprint density at radius 2 is 2.24 bits per heavy atom. The van der Waals surface area contributed by atoms with Crippen molar-refractivity contribution in [1.82, 2.24) is 5.32 Å². The second-order valence-corrected chi connectivity index (χ2v) is 5.97. The molecule has 2 rings (SSSR count). The Balaban J connectivity index is 2.11. The SMILES string of the molecule is CC[C@H](C)NC(=S)Nc1ccc(C)c(N2CCCC2=O)c1. The van der Waals surface area contributed by atoms with Crippen LogP contribution in [-0.2, 0) is 4.79 Å². The van der Waals surface area contributed by atoms with Gasteiger partial charge in [0, 0.05) is 30.4 Å². The van der Waals surface area contributed by atoms with Crippen LogP contribution in [0.2, 0.25) is 0 Å².